The molecule has 0 spiro atoms. The molecule has 0 aliphatic heterocycles. The second kappa shape index (κ2) is 10.0. The van der Waals surface area contributed by atoms with Crippen molar-refractivity contribution in [1.29, 1.82) is 0 Å². The molecule has 0 aliphatic rings. The van der Waals surface area contributed by atoms with Crippen molar-refractivity contribution < 1.29 is 22.7 Å². The maximum Gasteiger partial charge on any atom is 0.263 e. The van der Waals surface area contributed by atoms with Crippen molar-refractivity contribution in [3.8, 4) is 11.6 Å². The second-order valence-electron chi connectivity index (χ2n) is 7.16. The molecule has 0 bridgehead atoms. The predicted molar refractivity (Wildman–Crippen MR) is 131 cm³/mol. The van der Waals surface area contributed by atoms with E-state index in [4.69, 9.17) is 4.74 Å². The third-order valence-electron chi connectivity index (χ3n) is 4.64. The normalized spacial score (nSPS) is 11.2. The number of Topliss-reactive ketones (excluding diaryl/α,β-unsaturated/α-hetero) is 1. The smallest absolute Gasteiger partial charge is 0.263 e. The molecule has 2 aromatic carbocycles. The lowest BCUT2D eigenvalue weighted by molar-refractivity contribution is -0.109. The van der Waals surface area contributed by atoms with Gasteiger partial charge in [0, 0.05) is 30.1 Å². The number of thioether (sulfide) groups is 1. The van der Waals surface area contributed by atoms with Gasteiger partial charge in [-0.05, 0) is 48.5 Å². The van der Waals surface area contributed by atoms with Crippen LogP contribution in [0.5, 0.6) is 11.6 Å². The van der Waals surface area contributed by atoms with Gasteiger partial charge in [0.05, 0.1) is 16.2 Å². The zero-order chi connectivity index (χ0) is 24.1. The van der Waals surface area contributed by atoms with Gasteiger partial charge >= 0.3 is 0 Å². The van der Waals surface area contributed by atoms with E-state index in [-0.39, 0.29) is 27.4 Å². The van der Waals surface area contributed by atoms with Crippen LogP contribution in [0.15, 0.2) is 83.9 Å². The molecular weight excluding hydrogens is 474 g/mol. The molecule has 0 radical (unpaired) electrons. The highest BCUT2D eigenvalue weighted by Gasteiger charge is 2.17. The van der Waals surface area contributed by atoms with Crippen LogP contribution >= 0.6 is 11.8 Å². The molecule has 0 amide bonds. The first-order valence-corrected chi connectivity index (χ1v) is 12.6. The van der Waals surface area contributed by atoms with Gasteiger partial charge in [-0.1, -0.05) is 30.0 Å². The number of ether oxygens (including phenoxy) is 1. The molecule has 0 unspecified atom stereocenters. The van der Waals surface area contributed by atoms with E-state index in [9.17, 15) is 18.0 Å². The summed E-state index contributed by atoms with van der Waals surface area (Å²) in [5, 5.41) is 0.469. The Morgan fingerprint density at radius 1 is 1.00 bits per heavy atom. The van der Waals surface area contributed by atoms with E-state index in [2.05, 4.69) is 14.7 Å². The Morgan fingerprint density at radius 2 is 1.79 bits per heavy atom. The van der Waals surface area contributed by atoms with Gasteiger partial charge in [-0.25, -0.2) is 18.4 Å². The summed E-state index contributed by atoms with van der Waals surface area (Å²) < 4.78 is 33.8. The lowest BCUT2D eigenvalue weighted by atomic mass is 10.2. The van der Waals surface area contributed by atoms with Crippen molar-refractivity contribution >= 4 is 49.4 Å². The molecule has 1 N–H and O–H groups in total. The number of benzene rings is 2. The van der Waals surface area contributed by atoms with Crippen molar-refractivity contribution in [2.45, 2.75) is 11.8 Å². The number of hydrogen-bond acceptors (Lipinski definition) is 8. The van der Waals surface area contributed by atoms with Crippen LogP contribution in [-0.2, 0) is 14.8 Å². The molecule has 0 saturated heterocycles. The van der Waals surface area contributed by atoms with Crippen LogP contribution in [0.25, 0.3) is 10.9 Å². The first-order valence-electron chi connectivity index (χ1n) is 10.1. The molecular formula is C24H19N3O5S2. The molecule has 2 heterocycles. The quantitative estimate of drug-likeness (QED) is 0.352. The first kappa shape index (κ1) is 23.4. The van der Waals surface area contributed by atoms with Gasteiger partial charge in [-0.2, -0.15) is 0 Å². The summed E-state index contributed by atoms with van der Waals surface area (Å²) >= 11 is 0.907. The average Bonchev–Trinajstić information content (AvgIpc) is 2.83. The Balaban J connectivity index is 1.48. The maximum atomic E-state index is 12.8. The summed E-state index contributed by atoms with van der Waals surface area (Å²) in [5.74, 6) is 0.856. The third-order valence-corrected chi connectivity index (χ3v) is 6.81. The Hall–Kier alpha value is -3.76. The number of nitrogens with zero attached hydrogens (tertiary/aromatic N) is 2. The topological polar surface area (TPSA) is 115 Å². The monoisotopic (exact) mass is 493 g/mol. The standard InChI is InChI=1S/C24H19N3O5S2/c1-16(28)33-15-22(29)18-7-11-23(25-14-18)27-34(30,31)20-9-10-21-17(13-20)8-12-24(26-21)32-19-5-3-2-4-6-19/h2-14H,15H2,1H3,(H,25,27). The van der Waals surface area contributed by atoms with Crippen molar-refractivity contribution in [3.63, 3.8) is 0 Å². The fourth-order valence-corrected chi connectivity index (χ4v) is 4.53. The van der Waals surface area contributed by atoms with E-state index >= 15 is 0 Å². The van der Waals surface area contributed by atoms with Gasteiger partial charge in [-0.15, -0.1) is 0 Å². The van der Waals surface area contributed by atoms with E-state index in [0.29, 0.717) is 28.1 Å². The number of para-hydroxylation sites is 1. The largest absolute Gasteiger partial charge is 0.439 e. The number of sulfonamides is 1. The summed E-state index contributed by atoms with van der Waals surface area (Å²) in [5.41, 5.74) is 0.874. The summed E-state index contributed by atoms with van der Waals surface area (Å²) in [4.78, 5) is 31.5. The molecule has 8 nitrogen and oxygen atoms in total. The van der Waals surface area contributed by atoms with Crippen LogP contribution in [0.3, 0.4) is 0 Å². The maximum absolute atomic E-state index is 12.8. The molecule has 2 aromatic heterocycles. The zero-order valence-electron chi connectivity index (χ0n) is 18.0. The van der Waals surface area contributed by atoms with Crippen LogP contribution < -0.4 is 9.46 Å². The van der Waals surface area contributed by atoms with Gasteiger partial charge in [0.2, 0.25) is 5.88 Å². The molecule has 0 saturated carbocycles. The van der Waals surface area contributed by atoms with Crippen molar-refractivity contribution in [2.75, 3.05) is 10.5 Å². The van der Waals surface area contributed by atoms with Gasteiger partial charge < -0.3 is 4.74 Å². The first-order chi connectivity index (χ1) is 16.3. The minimum absolute atomic E-state index is 0.00527. The highest BCUT2D eigenvalue weighted by atomic mass is 32.2. The van der Waals surface area contributed by atoms with Gasteiger partial charge in [0.15, 0.2) is 10.9 Å². The number of pyridine rings is 2. The van der Waals surface area contributed by atoms with Crippen molar-refractivity contribution in [3.05, 3.63) is 84.6 Å². The number of carbonyl (C=O) groups excluding carboxylic acids is 2. The predicted octanol–water partition coefficient (Wildman–Crippen LogP) is 4.69. The SMILES string of the molecule is CC(=O)SCC(=O)c1ccc(NS(=O)(=O)c2ccc3nc(Oc4ccccc4)ccc3c2)nc1. The van der Waals surface area contributed by atoms with Gasteiger partial charge in [0.1, 0.15) is 11.6 Å². The summed E-state index contributed by atoms with van der Waals surface area (Å²) in [6.45, 7) is 1.38. The van der Waals surface area contributed by atoms with E-state index in [1.54, 1.807) is 18.2 Å². The van der Waals surface area contributed by atoms with E-state index in [1.165, 1.54) is 37.4 Å². The highest BCUT2D eigenvalue weighted by molar-refractivity contribution is 8.14. The highest BCUT2D eigenvalue weighted by Crippen LogP contribution is 2.25. The second-order valence-corrected chi connectivity index (χ2v) is 9.99. The number of aromatic nitrogens is 2. The summed E-state index contributed by atoms with van der Waals surface area (Å²) in [6.07, 6.45) is 1.28. The average molecular weight is 494 g/mol. The van der Waals surface area contributed by atoms with E-state index in [1.807, 2.05) is 30.3 Å². The minimum Gasteiger partial charge on any atom is -0.439 e. The number of anilines is 1. The molecule has 0 aliphatic carbocycles. The molecule has 0 fully saturated rings. The molecule has 172 valence electrons. The van der Waals surface area contributed by atoms with Crippen LogP contribution in [0.4, 0.5) is 5.82 Å². The Morgan fingerprint density at radius 3 is 2.50 bits per heavy atom. The number of rotatable bonds is 8. The molecule has 4 aromatic rings. The Bertz CT molecular complexity index is 1460. The van der Waals surface area contributed by atoms with E-state index < -0.39 is 10.0 Å². The molecule has 0 atom stereocenters. The van der Waals surface area contributed by atoms with Crippen LogP contribution in [0.1, 0.15) is 17.3 Å². The van der Waals surface area contributed by atoms with Gasteiger partial charge in [-0.3, -0.25) is 14.3 Å². The molecule has 4 rings (SSSR count). The Labute approximate surface area is 200 Å². The lowest BCUT2D eigenvalue weighted by Gasteiger charge is -2.09. The zero-order valence-corrected chi connectivity index (χ0v) is 19.6. The molecule has 34 heavy (non-hydrogen) atoms. The van der Waals surface area contributed by atoms with Crippen molar-refractivity contribution in [2.24, 2.45) is 0 Å². The minimum atomic E-state index is -3.92. The van der Waals surface area contributed by atoms with Crippen LogP contribution in [0.2, 0.25) is 0 Å². The van der Waals surface area contributed by atoms with Crippen molar-refractivity contribution in [1.82, 2.24) is 9.97 Å². The van der Waals surface area contributed by atoms with Gasteiger partial charge in [0.25, 0.3) is 10.0 Å². The fraction of sp³-hybridized carbons (Fsp3) is 0.0833. The third kappa shape index (κ3) is 5.77. The van der Waals surface area contributed by atoms with Crippen LogP contribution in [0, 0.1) is 0 Å². The number of carbonyl (C=O) groups is 2. The fourth-order valence-electron chi connectivity index (χ4n) is 2.98. The molecule has 10 heteroatoms. The number of nitrogens with one attached hydrogen (secondary N) is 1. The van der Waals surface area contributed by atoms with Crippen LogP contribution in [-0.4, -0.2) is 35.0 Å². The van der Waals surface area contributed by atoms with E-state index in [0.717, 1.165) is 11.8 Å². The number of ketones is 1. The lowest BCUT2D eigenvalue weighted by Crippen LogP contribution is -2.14. The summed E-state index contributed by atoms with van der Waals surface area (Å²) in [6, 6.07) is 20.0. The Kier molecular flexibility index (Phi) is 6.90. The number of hydrogen-bond donors (Lipinski definition) is 1. The summed E-state index contributed by atoms with van der Waals surface area (Å²) in [7, 11) is -3.92. The number of fused-ring (bicyclic) bond motifs is 1.